The summed E-state index contributed by atoms with van der Waals surface area (Å²) in [5.41, 5.74) is 0.535. The van der Waals surface area contributed by atoms with Crippen LogP contribution in [0.4, 0.5) is 10.3 Å². The summed E-state index contributed by atoms with van der Waals surface area (Å²) < 4.78 is 59.9. The smallest absolute Gasteiger partial charge is 0.460 e. The van der Waals surface area contributed by atoms with Crippen LogP contribution in [0.2, 0.25) is 0 Å². The van der Waals surface area contributed by atoms with Crippen molar-refractivity contribution in [3.63, 3.8) is 0 Å². The number of nitrogens with two attached hydrogens (primary N) is 1. The average Bonchev–Trinajstić information content (AvgIpc) is 3.27. The number of imidazole rings is 1. The van der Waals surface area contributed by atoms with Crippen LogP contribution in [0.1, 0.15) is 52.2 Å². The van der Waals surface area contributed by atoms with E-state index in [2.05, 4.69) is 26.6 Å². The Bertz CT molecular complexity index is 1680. The number of carbonyl (C=O) groups excluding carboxylic acids is 1. The number of ether oxygens (including phenoxy) is 3. The zero-order valence-electron chi connectivity index (χ0n) is 25.2. The first-order chi connectivity index (χ1) is 21.9. The molecule has 6 rings (SSSR count). The number of aliphatic hydroxyl groups is 2. The number of fused-ring (bicyclic) bond motifs is 2. The second-order valence-electron chi connectivity index (χ2n) is 11.5. The molecule has 0 spiro atoms. The van der Waals surface area contributed by atoms with Gasteiger partial charge in [0.1, 0.15) is 17.9 Å². The Morgan fingerprint density at radius 3 is 2.67 bits per heavy atom. The summed E-state index contributed by atoms with van der Waals surface area (Å²) in [6, 6.07) is 6.60. The Balaban J connectivity index is 1.28. The van der Waals surface area contributed by atoms with Crippen molar-refractivity contribution in [3.05, 3.63) is 49.3 Å². The van der Waals surface area contributed by atoms with Crippen LogP contribution in [-0.4, -0.2) is 77.6 Å². The zero-order valence-corrected chi connectivity index (χ0v) is 26.1. The Kier molecular flexibility index (Phi) is 8.32. The van der Waals surface area contributed by atoms with Crippen LogP contribution in [0.25, 0.3) is 11.2 Å². The predicted molar refractivity (Wildman–Crippen MR) is 160 cm³/mol. The van der Waals surface area contributed by atoms with E-state index in [1.807, 2.05) is 0 Å². The molecule has 1 unspecified atom stereocenters. The number of halogens is 1. The van der Waals surface area contributed by atoms with Gasteiger partial charge in [0.15, 0.2) is 34.7 Å². The maximum atomic E-state index is 16.6. The van der Waals surface area contributed by atoms with Gasteiger partial charge < -0.3 is 34.7 Å². The van der Waals surface area contributed by atoms with E-state index < -0.39 is 49.1 Å². The first-order valence-corrected chi connectivity index (χ1v) is 16.5. The molecular weight excluding hydrogens is 626 g/mol. The zero-order chi connectivity index (χ0) is 32.9. The van der Waals surface area contributed by atoms with Gasteiger partial charge in [0.25, 0.3) is 5.85 Å². The molecule has 1 saturated heterocycles. The molecule has 2 saturated carbocycles. The molecule has 1 aliphatic heterocycles. The summed E-state index contributed by atoms with van der Waals surface area (Å²) in [6.07, 6.45) is 2.33. The number of carbonyl (C=O) groups is 1. The number of esters is 1. The van der Waals surface area contributed by atoms with E-state index in [0.29, 0.717) is 12.8 Å². The van der Waals surface area contributed by atoms with Gasteiger partial charge in [0, 0.05) is 0 Å². The van der Waals surface area contributed by atoms with E-state index in [9.17, 15) is 19.6 Å². The lowest BCUT2D eigenvalue weighted by Gasteiger charge is -2.33. The Labute approximate surface area is 263 Å². The summed E-state index contributed by atoms with van der Waals surface area (Å²) in [5, 5.41) is 26.0. The van der Waals surface area contributed by atoms with Gasteiger partial charge in [-0.05, 0) is 51.7 Å². The molecule has 0 radical (unpaired) electrons. The number of rotatable bonds is 12. The third kappa shape index (κ3) is 5.22. The maximum absolute atomic E-state index is 16.6. The third-order valence-corrected chi connectivity index (χ3v) is 10.1. The normalized spacial score (nSPS) is 31.1. The number of aromatic nitrogens is 4. The minimum Gasteiger partial charge on any atom is -0.476 e. The van der Waals surface area contributed by atoms with Gasteiger partial charge in [-0.3, -0.25) is 13.9 Å². The Morgan fingerprint density at radius 2 is 2.00 bits per heavy atom. The maximum Gasteiger partial charge on any atom is 0.460 e. The molecule has 17 heteroatoms. The van der Waals surface area contributed by atoms with E-state index in [-0.39, 0.29) is 41.5 Å². The topological polar surface area (TPSA) is 202 Å². The van der Waals surface area contributed by atoms with Gasteiger partial charge in [-0.15, -0.1) is 0 Å². The van der Waals surface area contributed by atoms with Gasteiger partial charge in [-0.25, -0.2) is 13.9 Å². The molecule has 0 amide bonds. The quantitative estimate of drug-likeness (QED) is 0.125. The van der Waals surface area contributed by atoms with Crippen LogP contribution >= 0.6 is 7.75 Å². The van der Waals surface area contributed by atoms with Gasteiger partial charge in [-0.2, -0.15) is 15.1 Å². The van der Waals surface area contributed by atoms with E-state index in [4.69, 9.17) is 29.0 Å². The lowest BCUT2D eigenvalue weighted by molar-refractivity contribution is -0.167. The largest absolute Gasteiger partial charge is 0.476 e. The van der Waals surface area contributed by atoms with Crippen LogP contribution in [0, 0.1) is 0 Å². The molecule has 1 aromatic carbocycles. The molecule has 2 aliphatic carbocycles. The van der Waals surface area contributed by atoms with Crippen LogP contribution in [0.3, 0.4) is 0 Å². The number of benzene rings is 1. The fourth-order valence-corrected chi connectivity index (χ4v) is 7.71. The molecule has 248 valence electrons. The summed E-state index contributed by atoms with van der Waals surface area (Å²) in [6.45, 7) is 6.94. The molecule has 46 heavy (non-hydrogen) atoms. The number of hydrogen-bond acceptors (Lipinski definition) is 13. The highest BCUT2D eigenvalue weighted by Crippen LogP contribution is 2.72. The van der Waals surface area contributed by atoms with Crippen molar-refractivity contribution in [2.45, 2.75) is 87.5 Å². The number of nitrogen functional groups attached to an aromatic ring is 1. The molecule has 3 fully saturated rings. The summed E-state index contributed by atoms with van der Waals surface area (Å²) >= 11 is 0. The average molecular weight is 663 g/mol. The SMILES string of the molecule is C=C[C@]1(O)[C@H](n2cnc3c(OCC)nc(N)nc32)O[C@]2(F)C(O[P@@](=O)(N[C@@H](C)C(=O)OC3CCCCC3)Oc3ccccc3)[C@@]21O. The van der Waals surface area contributed by atoms with Crippen LogP contribution < -0.4 is 20.1 Å². The van der Waals surface area contributed by atoms with E-state index in [0.717, 1.165) is 29.9 Å². The van der Waals surface area contributed by atoms with Gasteiger partial charge in [0.05, 0.1) is 12.9 Å². The minimum absolute atomic E-state index is 0.0113. The van der Waals surface area contributed by atoms with E-state index >= 15 is 4.39 Å². The van der Waals surface area contributed by atoms with Crippen LogP contribution in [-0.2, 0) is 23.4 Å². The van der Waals surface area contributed by atoms with Gasteiger partial charge >= 0.3 is 13.7 Å². The van der Waals surface area contributed by atoms with Crippen molar-refractivity contribution in [3.8, 4) is 11.6 Å². The highest BCUT2D eigenvalue weighted by atomic mass is 31.2. The number of hydrogen-bond donors (Lipinski definition) is 4. The fourth-order valence-electron chi connectivity index (χ4n) is 6.01. The third-order valence-electron chi connectivity index (χ3n) is 8.43. The molecule has 7 atom stereocenters. The molecule has 2 aromatic heterocycles. The number of nitrogens with one attached hydrogen (secondary N) is 1. The van der Waals surface area contributed by atoms with E-state index in [1.54, 1.807) is 25.1 Å². The Morgan fingerprint density at radius 1 is 1.28 bits per heavy atom. The molecule has 0 bridgehead atoms. The second-order valence-corrected chi connectivity index (χ2v) is 13.1. The second kappa shape index (κ2) is 11.9. The predicted octanol–water partition coefficient (Wildman–Crippen LogP) is 3.09. The van der Waals surface area contributed by atoms with Crippen molar-refractivity contribution in [2.75, 3.05) is 12.3 Å². The summed E-state index contributed by atoms with van der Waals surface area (Å²) in [4.78, 5) is 25.3. The number of alkyl halides is 1. The first-order valence-electron chi connectivity index (χ1n) is 15.0. The first kappa shape index (κ1) is 32.3. The molecule has 15 nitrogen and oxygen atoms in total. The van der Waals surface area contributed by atoms with Crippen molar-refractivity contribution < 1.29 is 47.2 Å². The van der Waals surface area contributed by atoms with Gasteiger partial charge in [0.2, 0.25) is 11.8 Å². The summed E-state index contributed by atoms with van der Waals surface area (Å²) in [7, 11) is -4.69. The van der Waals surface area contributed by atoms with Crippen LogP contribution in [0.15, 0.2) is 49.3 Å². The van der Waals surface area contributed by atoms with Crippen LogP contribution in [0.5, 0.6) is 11.6 Å². The van der Waals surface area contributed by atoms with Crippen molar-refractivity contribution in [2.24, 2.45) is 0 Å². The number of nitrogens with zero attached hydrogens (tertiary/aromatic N) is 4. The fraction of sp³-hybridized carbons (Fsp3) is 0.517. The van der Waals surface area contributed by atoms with E-state index in [1.165, 1.54) is 25.4 Å². The summed E-state index contributed by atoms with van der Waals surface area (Å²) in [5.74, 6) is -3.94. The lowest BCUT2D eigenvalue weighted by atomic mass is 9.92. The van der Waals surface area contributed by atoms with Gasteiger partial charge in [-0.1, -0.05) is 37.3 Å². The lowest BCUT2D eigenvalue weighted by Crippen LogP contribution is -2.50. The van der Waals surface area contributed by atoms with Crippen molar-refractivity contribution in [1.82, 2.24) is 24.6 Å². The number of anilines is 1. The van der Waals surface area contributed by atoms with Crippen molar-refractivity contribution >= 4 is 30.8 Å². The molecular formula is C29H36FN6O9P. The highest BCUT2D eigenvalue weighted by Gasteiger charge is 2.96. The van der Waals surface area contributed by atoms with Crippen molar-refractivity contribution in [1.29, 1.82) is 0 Å². The molecule has 5 N–H and O–H groups in total. The standard InChI is InChI=1S/C29H36FN6O9P/c1-4-27(38)25(36-16-32-20-21(36)33-26(31)34-22(20)41-5-2)43-29(30)24(28(27,29)39)45-46(40,44-19-14-10-7-11-15-19)35-17(3)23(37)42-18-12-8-6-9-13-18/h4,7,10-11,14-18,24-25,38-39H,1,5-6,8-9,12-13H2,2-3H3,(H,35,40)(H2,31,33,34)/t17-,24?,25+,27-,28-,29+,46+/m0/s1. The number of para-hydroxylation sites is 1. The monoisotopic (exact) mass is 662 g/mol. The highest BCUT2D eigenvalue weighted by molar-refractivity contribution is 7.52. The minimum atomic E-state index is -4.69. The molecule has 3 heterocycles. The molecule has 3 aromatic rings. The molecule has 3 aliphatic rings. The Hall–Kier alpha value is -3.66.